The van der Waals surface area contributed by atoms with Gasteiger partial charge in [0.2, 0.25) is 5.91 Å². The number of carbonyl (C=O) groups excluding carboxylic acids is 1. The van der Waals surface area contributed by atoms with Gasteiger partial charge in [0.05, 0.1) is 12.6 Å². The highest BCUT2D eigenvalue weighted by molar-refractivity contribution is 6.31. The van der Waals surface area contributed by atoms with Crippen LogP contribution in [0.1, 0.15) is 38.3 Å². The maximum atomic E-state index is 13.1. The second-order valence-electron chi connectivity index (χ2n) is 7.49. The van der Waals surface area contributed by atoms with Crippen LogP contribution >= 0.6 is 11.6 Å². The number of halogens is 1. The van der Waals surface area contributed by atoms with Crippen molar-refractivity contribution in [3.63, 3.8) is 0 Å². The Kier molecular flexibility index (Phi) is 5.55. The van der Waals surface area contributed by atoms with Crippen LogP contribution in [0.25, 0.3) is 0 Å². The Bertz CT molecular complexity index is 766. The highest BCUT2D eigenvalue weighted by Crippen LogP contribution is 2.44. The number of aliphatic hydroxyl groups excluding tert-OH is 1. The van der Waals surface area contributed by atoms with Crippen molar-refractivity contribution in [3.8, 4) is 12.3 Å². The van der Waals surface area contributed by atoms with Crippen molar-refractivity contribution in [1.82, 2.24) is 10.2 Å². The molecule has 1 fully saturated rings. The SMILES string of the molecule is C#Cc1ccc(CNC(=O)[C@@]2(C(C)(C)C)C[C@@H](O)CN2C(=O)O)c(Cl)c1. The summed E-state index contributed by atoms with van der Waals surface area (Å²) in [5, 5.41) is 22.8. The smallest absolute Gasteiger partial charge is 0.408 e. The van der Waals surface area contributed by atoms with Crippen molar-refractivity contribution in [1.29, 1.82) is 0 Å². The first-order valence-corrected chi connectivity index (χ1v) is 8.62. The van der Waals surface area contributed by atoms with Gasteiger partial charge >= 0.3 is 6.09 Å². The minimum absolute atomic E-state index is 0.0401. The van der Waals surface area contributed by atoms with Crippen LogP contribution in [-0.4, -0.2) is 45.3 Å². The van der Waals surface area contributed by atoms with Crippen LogP contribution in [-0.2, 0) is 11.3 Å². The molecule has 0 radical (unpaired) electrons. The van der Waals surface area contributed by atoms with Crippen LogP contribution in [0.5, 0.6) is 0 Å². The first-order valence-electron chi connectivity index (χ1n) is 8.25. The molecule has 1 heterocycles. The Labute approximate surface area is 158 Å². The number of benzene rings is 1. The van der Waals surface area contributed by atoms with Gasteiger partial charge in [-0.3, -0.25) is 9.69 Å². The summed E-state index contributed by atoms with van der Waals surface area (Å²) in [6.07, 6.45) is 3.25. The molecule has 3 N–H and O–H groups in total. The van der Waals surface area contributed by atoms with E-state index < -0.39 is 29.1 Å². The average Bonchev–Trinajstić information content (AvgIpc) is 2.92. The fraction of sp³-hybridized carbons (Fsp3) is 0.474. The maximum Gasteiger partial charge on any atom is 0.408 e. The molecule has 0 saturated carbocycles. The molecular weight excluding hydrogens is 356 g/mol. The first-order chi connectivity index (χ1) is 12.0. The molecule has 0 unspecified atom stereocenters. The molecule has 0 bridgehead atoms. The summed E-state index contributed by atoms with van der Waals surface area (Å²) in [5.74, 6) is 2.02. The quantitative estimate of drug-likeness (QED) is 0.705. The highest BCUT2D eigenvalue weighted by atomic mass is 35.5. The second kappa shape index (κ2) is 7.18. The molecule has 7 heteroatoms. The molecule has 1 aromatic carbocycles. The number of β-amino-alcohol motifs (C(OH)–C–C–N with tert-alkyl or cyclic N) is 1. The number of nitrogens with zero attached hydrogens (tertiary/aromatic N) is 1. The Morgan fingerprint density at radius 3 is 2.62 bits per heavy atom. The van der Waals surface area contributed by atoms with E-state index in [1.165, 1.54) is 0 Å². The van der Waals surface area contributed by atoms with Gasteiger partial charge < -0.3 is 15.5 Å². The zero-order valence-electron chi connectivity index (χ0n) is 15.0. The predicted octanol–water partition coefficient (Wildman–Crippen LogP) is 2.47. The number of amides is 2. The Morgan fingerprint density at radius 2 is 2.12 bits per heavy atom. The van der Waals surface area contributed by atoms with E-state index in [9.17, 15) is 19.8 Å². The van der Waals surface area contributed by atoms with E-state index in [0.717, 1.165) is 4.90 Å². The molecule has 2 atom stereocenters. The fourth-order valence-electron chi connectivity index (χ4n) is 3.49. The summed E-state index contributed by atoms with van der Waals surface area (Å²) in [5.41, 5.74) is -0.788. The summed E-state index contributed by atoms with van der Waals surface area (Å²) in [4.78, 5) is 25.8. The standard InChI is InChI=1S/C19H23ClN2O4/c1-5-12-6-7-13(15(20)8-12)10-21-16(24)19(18(2,3)4)9-14(23)11-22(19)17(25)26/h1,6-8,14,23H,9-11H2,2-4H3,(H,21,24)(H,25,26)/t14-,19-/m1/s1. The van der Waals surface area contributed by atoms with E-state index >= 15 is 0 Å². The third-order valence-electron chi connectivity index (χ3n) is 4.89. The van der Waals surface area contributed by atoms with Crippen LogP contribution < -0.4 is 5.32 Å². The zero-order valence-corrected chi connectivity index (χ0v) is 15.8. The van der Waals surface area contributed by atoms with Gasteiger partial charge in [-0.2, -0.15) is 0 Å². The summed E-state index contributed by atoms with van der Waals surface area (Å²) in [6.45, 7) is 5.39. The van der Waals surface area contributed by atoms with Crippen LogP contribution in [0.3, 0.4) is 0 Å². The van der Waals surface area contributed by atoms with Gasteiger partial charge in [0.15, 0.2) is 0 Å². The molecule has 2 amide bonds. The van der Waals surface area contributed by atoms with Crippen molar-refractivity contribution >= 4 is 23.6 Å². The largest absolute Gasteiger partial charge is 0.465 e. The Balaban J connectivity index is 2.29. The molecule has 26 heavy (non-hydrogen) atoms. The molecular formula is C19H23ClN2O4. The van der Waals surface area contributed by atoms with Crippen LogP contribution in [0.15, 0.2) is 18.2 Å². The van der Waals surface area contributed by atoms with E-state index in [1.807, 2.05) is 0 Å². The van der Waals surface area contributed by atoms with E-state index in [2.05, 4.69) is 11.2 Å². The van der Waals surface area contributed by atoms with Crippen LogP contribution in [0.4, 0.5) is 4.79 Å². The summed E-state index contributed by atoms with van der Waals surface area (Å²) < 4.78 is 0. The number of rotatable bonds is 3. The van der Waals surface area contributed by atoms with Crippen molar-refractivity contribution < 1.29 is 19.8 Å². The van der Waals surface area contributed by atoms with Gasteiger partial charge in [0.1, 0.15) is 5.54 Å². The fourth-order valence-corrected chi connectivity index (χ4v) is 3.74. The van der Waals surface area contributed by atoms with Gasteiger partial charge in [-0.1, -0.05) is 44.4 Å². The van der Waals surface area contributed by atoms with Crippen molar-refractivity contribution in [3.05, 3.63) is 34.3 Å². The predicted molar refractivity (Wildman–Crippen MR) is 98.8 cm³/mol. The van der Waals surface area contributed by atoms with Gasteiger partial charge in [0, 0.05) is 23.6 Å². The van der Waals surface area contributed by atoms with Gasteiger partial charge in [-0.25, -0.2) is 4.79 Å². The van der Waals surface area contributed by atoms with Gasteiger partial charge in [0.25, 0.3) is 0 Å². The van der Waals surface area contributed by atoms with Crippen LogP contribution in [0.2, 0.25) is 5.02 Å². The molecule has 1 saturated heterocycles. The first kappa shape index (κ1) is 20.1. The summed E-state index contributed by atoms with van der Waals surface area (Å²) in [7, 11) is 0. The maximum absolute atomic E-state index is 13.1. The molecule has 140 valence electrons. The molecule has 1 aliphatic heterocycles. The van der Waals surface area contributed by atoms with Crippen molar-refractivity contribution in [2.45, 2.75) is 45.4 Å². The number of nitrogens with one attached hydrogen (secondary N) is 1. The van der Waals surface area contributed by atoms with Crippen molar-refractivity contribution in [2.24, 2.45) is 5.41 Å². The van der Waals surface area contributed by atoms with E-state index in [0.29, 0.717) is 16.1 Å². The lowest BCUT2D eigenvalue weighted by Crippen LogP contribution is -2.63. The molecule has 2 rings (SSSR count). The van der Waals surface area contributed by atoms with Gasteiger partial charge in [-0.15, -0.1) is 6.42 Å². The van der Waals surface area contributed by atoms with Gasteiger partial charge in [-0.05, 0) is 23.1 Å². The zero-order chi connectivity index (χ0) is 19.7. The third kappa shape index (κ3) is 3.50. The lowest BCUT2D eigenvalue weighted by Gasteiger charge is -2.45. The molecule has 6 nitrogen and oxygen atoms in total. The van der Waals surface area contributed by atoms with E-state index in [-0.39, 0.29) is 19.5 Å². The molecule has 0 spiro atoms. The topological polar surface area (TPSA) is 89.9 Å². The number of carboxylic acid groups (broad SMARTS) is 1. The normalized spacial score (nSPS) is 22.8. The lowest BCUT2D eigenvalue weighted by atomic mass is 9.70. The molecule has 1 aromatic rings. The van der Waals surface area contributed by atoms with Crippen LogP contribution in [0, 0.1) is 17.8 Å². The molecule has 0 aliphatic carbocycles. The lowest BCUT2D eigenvalue weighted by molar-refractivity contribution is -0.137. The summed E-state index contributed by atoms with van der Waals surface area (Å²) in [6, 6.07) is 5.07. The number of aliphatic hydroxyl groups is 1. The number of terminal acetylenes is 1. The monoisotopic (exact) mass is 378 g/mol. The third-order valence-corrected chi connectivity index (χ3v) is 5.24. The Hall–Kier alpha value is -2.23. The highest BCUT2D eigenvalue weighted by Gasteiger charge is 2.59. The number of hydrogen-bond donors (Lipinski definition) is 3. The average molecular weight is 379 g/mol. The van der Waals surface area contributed by atoms with Crippen molar-refractivity contribution in [2.75, 3.05) is 6.54 Å². The van der Waals surface area contributed by atoms with E-state index in [4.69, 9.17) is 18.0 Å². The minimum atomic E-state index is -1.37. The second-order valence-corrected chi connectivity index (χ2v) is 7.90. The Morgan fingerprint density at radius 1 is 1.46 bits per heavy atom. The van der Waals surface area contributed by atoms with E-state index in [1.54, 1.807) is 39.0 Å². The number of carbonyl (C=O) groups is 2. The molecule has 0 aromatic heterocycles. The summed E-state index contributed by atoms with van der Waals surface area (Å²) >= 11 is 6.19. The number of likely N-dealkylation sites (tertiary alicyclic amines) is 1. The molecule has 1 aliphatic rings. The minimum Gasteiger partial charge on any atom is -0.465 e. The number of hydrogen-bond acceptors (Lipinski definition) is 3.